The maximum absolute atomic E-state index is 5.69. The minimum Gasteiger partial charge on any atom is -0.399 e. The summed E-state index contributed by atoms with van der Waals surface area (Å²) < 4.78 is 2.34. The molecule has 1 aromatic carbocycles. The smallest absolute Gasteiger partial charge is 0.104 e. The molecule has 1 heterocycles. The first-order valence-electron chi connectivity index (χ1n) is 4.52. The highest BCUT2D eigenvalue weighted by atomic mass is 35.5. The molecule has 0 atom stereocenters. The Morgan fingerprint density at radius 2 is 2.13 bits per heavy atom. The van der Waals surface area contributed by atoms with Crippen LogP contribution < -0.4 is 5.73 Å². The maximum Gasteiger partial charge on any atom is 0.104 e. The summed E-state index contributed by atoms with van der Waals surface area (Å²) in [5.41, 5.74) is 7.58. The molecule has 1 aromatic heterocycles. The van der Waals surface area contributed by atoms with Crippen molar-refractivity contribution in [3.05, 3.63) is 41.0 Å². The molecule has 0 saturated heterocycles. The number of nitrogens with two attached hydrogens (primary N) is 1. The number of nitrogen functional groups attached to an aromatic ring is 1. The van der Waals surface area contributed by atoms with Gasteiger partial charge in [0, 0.05) is 29.3 Å². The third-order valence-electron chi connectivity index (χ3n) is 2.24. The van der Waals surface area contributed by atoms with Crippen molar-refractivity contribution in [2.24, 2.45) is 0 Å². The van der Waals surface area contributed by atoms with Crippen LogP contribution in [0.4, 0.5) is 5.69 Å². The van der Waals surface area contributed by atoms with Gasteiger partial charge in [0.25, 0.3) is 0 Å². The highest BCUT2D eigenvalue weighted by Crippen LogP contribution is 2.19. The molecule has 0 aliphatic carbocycles. The van der Waals surface area contributed by atoms with E-state index in [1.807, 2.05) is 30.5 Å². The van der Waals surface area contributed by atoms with E-state index in [0.29, 0.717) is 6.54 Å². The highest BCUT2D eigenvalue weighted by molar-refractivity contribution is 6.55. The van der Waals surface area contributed by atoms with Gasteiger partial charge in [-0.25, -0.2) is 0 Å². The van der Waals surface area contributed by atoms with Crippen LogP contribution in [0.2, 0.25) is 0 Å². The number of hydrogen-bond donors (Lipinski definition) is 1. The Labute approximate surface area is 97.9 Å². The Balaban J connectivity index is 2.41. The Bertz CT molecular complexity index is 510. The summed E-state index contributed by atoms with van der Waals surface area (Å²) in [5, 5.41) is 1.12. The molecule has 0 aliphatic rings. The van der Waals surface area contributed by atoms with Gasteiger partial charge in [0.05, 0.1) is 0 Å². The van der Waals surface area contributed by atoms with Crippen molar-refractivity contribution in [1.82, 2.24) is 4.57 Å². The van der Waals surface area contributed by atoms with Gasteiger partial charge in [-0.15, -0.1) is 0 Å². The Hall–Kier alpha value is -1.12. The van der Waals surface area contributed by atoms with Gasteiger partial charge in [-0.3, -0.25) is 0 Å². The first-order valence-corrected chi connectivity index (χ1v) is 5.28. The van der Waals surface area contributed by atoms with E-state index in [2.05, 4.69) is 4.57 Å². The number of fused-ring (bicyclic) bond motifs is 1. The molecule has 0 fully saturated rings. The number of hydrogen-bond acceptors (Lipinski definition) is 1. The van der Waals surface area contributed by atoms with Crippen LogP contribution in [0.1, 0.15) is 0 Å². The van der Waals surface area contributed by atoms with Gasteiger partial charge in [0.1, 0.15) is 4.49 Å². The minimum atomic E-state index is 0.285. The average Bonchev–Trinajstić information content (AvgIpc) is 2.57. The number of nitrogens with zero attached hydrogens (tertiary/aromatic N) is 1. The predicted octanol–water partition coefficient (Wildman–Crippen LogP) is 3.54. The lowest BCUT2D eigenvalue weighted by Crippen LogP contribution is -1.92. The first-order chi connectivity index (χ1) is 7.16. The zero-order valence-corrected chi connectivity index (χ0v) is 9.46. The Kier molecular flexibility index (Phi) is 2.89. The summed E-state index contributed by atoms with van der Waals surface area (Å²) in [6.07, 6.45) is 3.73. The molecule has 0 spiro atoms. The zero-order chi connectivity index (χ0) is 10.8. The normalized spacial score (nSPS) is 10.5. The fourth-order valence-electron chi connectivity index (χ4n) is 1.55. The summed E-state index contributed by atoms with van der Waals surface area (Å²) in [6.45, 7) is 0.662. The van der Waals surface area contributed by atoms with Crippen molar-refractivity contribution in [2.45, 2.75) is 6.54 Å². The number of rotatable bonds is 2. The molecule has 0 radical (unpaired) electrons. The summed E-state index contributed by atoms with van der Waals surface area (Å²) in [5.74, 6) is 0. The quantitative estimate of drug-likeness (QED) is 0.801. The summed E-state index contributed by atoms with van der Waals surface area (Å²) in [7, 11) is 0. The predicted molar refractivity (Wildman–Crippen MR) is 66.1 cm³/mol. The van der Waals surface area contributed by atoms with E-state index >= 15 is 0 Å². The van der Waals surface area contributed by atoms with Gasteiger partial charge in [0.15, 0.2) is 0 Å². The molecular formula is C11H10Cl2N2. The molecule has 0 saturated carbocycles. The number of halogens is 2. The Morgan fingerprint density at radius 3 is 2.87 bits per heavy atom. The standard InChI is InChI=1S/C11H10Cl2N2/c12-11(13)4-6-15-5-3-8-7-9(14)1-2-10(8)15/h1-5,7H,6,14H2. The SMILES string of the molecule is Nc1ccc2c(ccn2CC=C(Cl)Cl)c1. The molecule has 0 bridgehead atoms. The minimum absolute atomic E-state index is 0.285. The highest BCUT2D eigenvalue weighted by Gasteiger charge is 1.99. The number of anilines is 1. The van der Waals surface area contributed by atoms with Crippen LogP contribution in [0.3, 0.4) is 0 Å². The van der Waals surface area contributed by atoms with Crippen LogP contribution in [-0.2, 0) is 6.54 Å². The zero-order valence-electron chi connectivity index (χ0n) is 7.95. The molecule has 2 nitrogen and oxygen atoms in total. The average molecular weight is 241 g/mol. The van der Waals surface area contributed by atoms with E-state index in [9.17, 15) is 0 Å². The molecule has 0 unspecified atom stereocenters. The summed E-state index contributed by atoms with van der Waals surface area (Å²) in [4.78, 5) is 0. The third-order valence-corrected chi connectivity index (χ3v) is 2.55. The number of benzene rings is 1. The number of allylic oxidation sites excluding steroid dienone is 1. The van der Waals surface area contributed by atoms with Crippen molar-refractivity contribution in [3.63, 3.8) is 0 Å². The van der Waals surface area contributed by atoms with Crippen LogP contribution in [0.5, 0.6) is 0 Å². The molecule has 4 heteroatoms. The van der Waals surface area contributed by atoms with Gasteiger partial charge >= 0.3 is 0 Å². The largest absolute Gasteiger partial charge is 0.399 e. The van der Waals surface area contributed by atoms with Crippen LogP contribution >= 0.6 is 23.2 Å². The number of aromatic nitrogens is 1. The van der Waals surface area contributed by atoms with Crippen LogP contribution in [0, 0.1) is 0 Å². The molecule has 0 amide bonds. The van der Waals surface area contributed by atoms with Crippen molar-refractivity contribution in [1.29, 1.82) is 0 Å². The second-order valence-electron chi connectivity index (χ2n) is 3.28. The van der Waals surface area contributed by atoms with E-state index < -0.39 is 0 Å². The third kappa shape index (κ3) is 2.28. The topological polar surface area (TPSA) is 30.9 Å². The molecule has 15 heavy (non-hydrogen) atoms. The molecule has 0 aliphatic heterocycles. The van der Waals surface area contributed by atoms with Gasteiger partial charge in [-0.05, 0) is 30.3 Å². The van der Waals surface area contributed by atoms with Crippen molar-refractivity contribution in [2.75, 3.05) is 5.73 Å². The monoisotopic (exact) mass is 240 g/mol. The van der Waals surface area contributed by atoms with Crippen molar-refractivity contribution in [3.8, 4) is 0 Å². The van der Waals surface area contributed by atoms with Gasteiger partial charge in [-0.1, -0.05) is 23.2 Å². The lowest BCUT2D eigenvalue weighted by Gasteiger charge is -2.01. The van der Waals surface area contributed by atoms with Crippen molar-refractivity contribution >= 4 is 39.8 Å². The van der Waals surface area contributed by atoms with Gasteiger partial charge < -0.3 is 10.3 Å². The maximum atomic E-state index is 5.69. The van der Waals surface area contributed by atoms with E-state index in [1.165, 1.54) is 0 Å². The van der Waals surface area contributed by atoms with Crippen LogP contribution in [0.15, 0.2) is 41.0 Å². The van der Waals surface area contributed by atoms with E-state index in [1.54, 1.807) is 6.08 Å². The second kappa shape index (κ2) is 4.17. The Morgan fingerprint density at radius 1 is 1.33 bits per heavy atom. The van der Waals surface area contributed by atoms with E-state index in [-0.39, 0.29) is 4.49 Å². The lowest BCUT2D eigenvalue weighted by molar-refractivity contribution is 0.864. The molecular weight excluding hydrogens is 231 g/mol. The first kappa shape index (κ1) is 10.4. The molecule has 2 N–H and O–H groups in total. The van der Waals surface area contributed by atoms with Crippen LogP contribution in [0.25, 0.3) is 10.9 Å². The molecule has 2 rings (SSSR count). The van der Waals surface area contributed by atoms with E-state index in [0.717, 1.165) is 16.6 Å². The molecule has 78 valence electrons. The summed E-state index contributed by atoms with van der Waals surface area (Å²) >= 11 is 11.1. The fraction of sp³-hybridized carbons (Fsp3) is 0.0909. The van der Waals surface area contributed by atoms with Crippen LogP contribution in [-0.4, -0.2) is 4.57 Å². The lowest BCUT2D eigenvalue weighted by atomic mass is 10.2. The van der Waals surface area contributed by atoms with Gasteiger partial charge in [0.2, 0.25) is 0 Å². The molecule has 2 aromatic rings. The summed E-state index contributed by atoms with van der Waals surface area (Å²) in [6, 6.07) is 7.82. The van der Waals surface area contributed by atoms with E-state index in [4.69, 9.17) is 28.9 Å². The van der Waals surface area contributed by atoms with Gasteiger partial charge in [-0.2, -0.15) is 0 Å². The fourth-order valence-corrected chi connectivity index (χ4v) is 1.68. The van der Waals surface area contributed by atoms with Crippen molar-refractivity contribution < 1.29 is 0 Å². The second-order valence-corrected chi connectivity index (χ2v) is 4.29.